The smallest absolute Gasteiger partial charge is 0.408 e. The second-order valence-corrected chi connectivity index (χ2v) is 7.65. The van der Waals surface area contributed by atoms with Crippen molar-refractivity contribution >= 4 is 6.09 Å². The fourth-order valence-electron chi connectivity index (χ4n) is 2.89. The second kappa shape index (κ2) is 9.56. The molecule has 0 aliphatic carbocycles. The number of nitrogens with zero attached hydrogens (tertiary/aromatic N) is 2. The normalized spacial score (nSPS) is 13.3. The van der Waals surface area contributed by atoms with Gasteiger partial charge in [-0.05, 0) is 33.3 Å². The van der Waals surface area contributed by atoms with Gasteiger partial charge in [-0.3, -0.25) is 0 Å². The van der Waals surface area contributed by atoms with Crippen LogP contribution in [0.3, 0.4) is 0 Å². The summed E-state index contributed by atoms with van der Waals surface area (Å²) in [6.07, 6.45) is -0.588. The van der Waals surface area contributed by atoms with Gasteiger partial charge >= 0.3 is 12.1 Å². The lowest BCUT2D eigenvalue weighted by atomic mass is 9.90. The van der Waals surface area contributed by atoms with Crippen molar-refractivity contribution in [2.45, 2.75) is 45.3 Å². The first kappa shape index (κ1) is 22.4. The summed E-state index contributed by atoms with van der Waals surface area (Å²) in [7, 11) is 2.93. The molecule has 8 nitrogen and oxygen atoms in total. The lowest BCUT2D eigenvalue weighted by Crippen LogP contribution is -2.38. The highest BCUT2D eigenvalue weighted by atomic mass is 16.6. The summed E-state index contributed by atoms with van der Waals surface area (Å²) in [6, 6.07) is 8.80. The van der Waals surface area contributed by atoms with Gasteiger partial charge in [-0.25, -0.2) is 4.79 Å². The summed E-state index contributed by atoms with van der Waals surface area (Å²) < 4.78 is 15.8. The maximum atomic E-state index is 12.5. The van der Waals surface area contributed by atoms with E-state index in [4.69, 9.17) is 14.2 Å². The van der Waals surface area contributed by atoms with Gasteiger partial charge < -0.3 is 24.6 Å². The first-order valence-electron chi connectivity index (χ1n) is 9.30. The molecule has 29 heavy (non-hydrogen) atoms. The van der Waals surface area contributed by atoms with Gasteiger partial charge in [0.25, 0.3) is 0 Å². The Kier molecular flexibility index (Phi) is 7.39. The van der Waals surface area contributed by atoms with Crippen LogP contribution in [-0.4, -0.2) is 47.6 Å². The van der Waals surface area contributed by atoms with Crippen molar-refractivity contribution in [2.24, 2.45) is 0 Å². The third kappa shape index (κ3) is 6.32. The molecule has 2 unspecified atom stereocenters. The second-order valence-electron chi connectivity index (χ2n) is 7.65. The maximum absolute atomic E-state index is 12.5. The van der Waals surface area contributed by atoms with Crippen LogP contribution in [0.25, 0.3) is 0 Å². The van der Waals surface area contributed by atoms with E-state index in [1.807, 2.05) is 31.2 Å². The van der Waals surface area contributed by atoms with Crippen molar-refractivity contribution < 1.29 is 24.1 Å². The van der Waals surface area contributed by atoms with Crippen LogP contribution < -0.4 is 14.8 Å². The molecule has 0 saturated carbocycles. The van der Waals surface area contributed by atoms with Crippen LogP contribution in [-0.2, 0) is 4.74 Å². The summed E-state index contributed by atoms with van der Waals surface area (Å²) in [5.41, 5.74) is 1.65. The van der Waals surface area contributed by atoms with E-state index in [1.165, 1.54) is 14.2 Å². The van der Waals surface area contributed by atoms with Gasteiger partial charge in [-0.1, -0.05) is 29.8 Å². The predicted octanol–water partition coefficient (Wildman–Crippen LogP) is 3.14. The Labute approximate surface area is 171 Å². The maximum Gasteiger partial charge on any atom is 0.408 e. The van der Waals surface area contributed by atoms with Gasteiger partial charge in [0, 0.05) is 12.0 Å². The molecule has 1 aromatic carbocycles. The molecule has 0 spiro atoms. The molecule has 2 rings (SSSR count). The van der Waals surface area contributed by atoms with Crippen LogP contribution in [0.1, 0.15) is 49.6 Å². The number of aryl methyl sites for hydroxylation is 1. The zero-order valence-electron chi connectivity index (χ0n) is 17.7. The molecule has 8 heteroatoms. The third-order valence-corrected chi connectivity index (χ3v) is 4.15. The molecule has 0 aliphatic heterocycles. The van der Waals surface area contributed by atoms with Crippen LogP contribution in [0.4, 0.5) is 4.79 Å². The molecule has 0 aliphatic rings. The molecule has 1 aromatic heterocycles. The molecular weight excluding hydrogens is 374 g/mol. The fourth-order valence-corrected chi connectivity index (χ4v) is 2.89. The Bertz CT molecular complexity index is 813. The number of hydrogen-bond donors (Lipinski definition) is 2. The molecule has 0 fully saturated rings. The molecule has 0 radical (unpaired) electrons. The first-order chi connectivity index (χ1) is 13.7. The third-order valence-electron chi connectivity index (χ3n) is 4.15. The number of carbonyl (C=O) groups is 1. The number of methoxy groups -OCH3 is 2. The molecule has 2 atom stereocenters. The number of aliphatic hydroxyl groups is 1. The highest BCUT2D eigenvalue weighted by Gasteiger charge is 2.30. The van der Waals surface area contributed by atoms with Crippen LogP contribution in [0.5, 0.6) is 11.9 Å². The lowest BCUT2D eigenvalue weighted by molar-refractivity contribution is 0.0487. The van der Waals surface area contributed by atoms with Crippen molar-refractivity contribution in [1.29, 1.82) is 0 Å². The molecule has 2 N–H and O–H groups in total. The summed E-state index contributed by atoms with van der Waals surface area (Å²) in [5, 5.41) is 13.1. The summed E-state index contributed by atoms with van der Waals surface area (Å²) in [5.74, 6) is -0.291. The fraction of sp³-hybridized carbons (Fsp3) is 0.476. The van der Waals surface area contributed by atoms with Crippen molar-refractivity contribution in [3.63, 3.8) is 0 Å². The van der Waals surface area contributed by atoms with E-state index in [0.717, 1.165) is 11.1 Å². The quantitative estimate of drug-likeness (QED) is 0.732. The van der Waals surface area contributed by atoms with Crippen molar-refractivity contribution in [2.75, 3.05) is 20.8 Å². The first-order valence-corrected chi connectivity index (χ1v) is 9.30. The van der Waals surface area contributed by atoms with E-state index < -0.39 is 23.7 Å². The van der Waals surface area contributed by atoms with Gasteiger partial charge in [-0.2, -0.15) is 9.97 Å². The minimum absolute atomic E-state index is 0.109. The van der Waals surface area contributed by atoms with Gasteiger partial charge in [-0.15, -0.1) is 0 Å². The number of hydrogen-bond acceptors (Lipinski definition) is 7. The molecule has 1 amide bonds. The van der Waals surface area contributed by atoms with E-state index >= 15 is 0 Å². The Hall–Kier alpha value is -2.87. The number of rotatable bonds is 7. The molecular formula is C21H29N3O5. The van der Waals surface area contributed by atoms with Crippen LogP contribution in [0.2, 0.25) is 0 Å². The van der Waals surface area contributed by atoms with Crippen molar-refractivity contribution in [3.05, 3.63) is 47.2 Å². The number of benzene rings is 1. The summed E-state index contributed by atoms with van der Waals surface area (Å²) in [6.45, 7) is 7.05. The average Bonchev–Trinajstić information content (AvgIpc) is 2.66. The SMILES string of the molecule is COc1cc(C(CO)C(NC(=O)OC(C)(C)C)c2cccc(C)c2)nc(OC)n1. The van der Waals surface area contributed by atoms with Crippen LogP contribution >= 0.6 is 0 Å². The van der Waals surface area contributed by atoms with E-state index in [1.54, 1.807) is 26.8 Å². The summed E-state index contributed by atoms with van der Waals surface area (Å²) >= 11 is 0. The molecule has 158 valence electrons. The molecule has 2 aromatic rings. The number of amides is 1. The minimum Gasteiger partial charge on any atom is -0.481 e. The van der Waals surface area contributed by atoms with Gasteiger partial charge in [0.2, 0.25) is 5.88 Å². The van der Waals surface area contributed by atoms with E-state index in [-0.39, 0.29) is 12.6 Å². The number of alkyl carbamates (subject to hydrolysis) is 1. The molecule has 1 heterocycles. The average molecular weight is 403 g/mol. The number of aromatic nitrogens is 2. The van der Waals surface area contributed by atoms with Crippen LogP contribution in [0.15, 0.2) is 30.3 Å². The van der Waals surface area contributed by atoms with Crippen molar-refractivity contribution in [3.8, 4) is 11.9 Å². The number of aliphatic hydroxyl groups excluding tert-OH is 1. The zero-order valence-corrected chi connectivity index (χ0v) is 17.7. The number of nitrogens with one attached hydrogen (secondary N) is 1. The largest absolute Gasteiger partial charge is 0.481 e. The minimum atomic E-state index is -0.655. The summed E-state index contributed by atoms with van der Waals surface area (Å²) in [4.78, 5) is 21.0. The van der Waals surface area contributed by atoms with E-state index in [9.17, 15) is 9.90 Å². The molecule has 0 saturated heterocycles. The number of ether oxygens (including phenoxy) is 3. The lowest BCUT2D eigenvalue weighted by Gasteiger charge is -2.29. The van der Waals surface area contributed by atoms with Gasteiger partial charge in [0.15, 0.2) is 0 Å². The highest BCUT2D eigenvalue weighted by molar-refractivity contribution is 5.68. The number of carbonyl (C=O) groups excluding carboxylic acids is 1. The zero-order chi connectivity index (χ0) is 21.6. The Morgan fingerprint density at radius 2 is 1.90 bits per heavy atom. The Balaban J connectivity index is 2.48. The van der Waals surface area contributed by atoms with E-state index in [2.05, 4.69) is 15.3 Å². The predicted molar refractivity (Wildman–Crippen MR) is 108 cm³/mol. The van der Waals surface area contributed by atoms with Crippen LogP contribution in [0, 0.1) is 6.92 Å². The van der Waals surface area contributed by atoms with Gasteiger partial charge in [0.05, 0.1) is 32.6 Å². The Morgan fingerprint density at radius 3 is 2.45 bits per heavy atom. The van der Waals surface area contributed by atoms with Gasteiger partial charge in [0.1, 0.15) is 5.60 Å². The topological polar surface area (TPSA) is 103 Å². The van der Waals surface area contributed by atoms with Crippen molar-refractivity contribution in [1.82, 2.24) is 15.3 Å². The Morgan fingerprint density at radius 1 is 1.17 bits per heavy atom. The molecule has 0 bridgehead atoms. The monoisotopic (exact) mass is 403 g/mol. The van der Waals surface area contributed by atoms with E-state index in [0.29, 0.717) is 11.6 Å². The highest BCUT2D eigenvalue weighted by Crippen LogP contribution is 2.32. The standard InChI is InChI=1S/C21H29N3O5/c1-13-8-7-9-14(10-13)18(24-20(26)29-21(2,3)4)15(12-25)16-11-17(27-5)23-19(22-16)28-6/h7-11,15,18,25H,12H2,1-6H3,(H,24,26).